The number of aromatic amines is 1. The molecule has 1 amide bonds. The van der Waals surface area contributed by atoms with Crippen molar-refractivity contribution in [2.75, 3.05) is 33.2 Å². The van der Waals surface area contributed by atoms with Crippen LogP contribution in [-0.4, -0.2) is 64.7 Å². The number of fused-ring (bicyclic) bond motifs is 2. The highest BCUT2D eigenvalue weighted by Gasteiger charge is 2.22. The lowest BCUT2D eigenvalue weighted by Crippen LogP contribution is -2.47. The number of aromatic nitrogens is 1. The number of hydrogen-bond acceptors (Lipinski definition) is 6. The molecular formula is C30H27FN4O4. The van der Waals surface area contributed by atoms with Crippen LogP contribution >= 0.6 is 0 Å². The zero-order valence-corrected chi connectivity index (χ0v) is 21.4. The van der Waals surface area contributed by atoms with Gasteiger partial charge in [-0.2, -0.15) is 0 Å². The Morgan fingerprint density at radius 1 is 0.974 bits per heavy atom. The van der Waals surface area contributed by atoms with Crippen molar-refractivity contribution in [3.63, 3.8) is 0 Å². The fourth-order valence-electron chi connectivity index (χ4n) is 4.87. The Labute approximate surface area is 224 Å². The molecule has 2 aliphatic heterocycles. The van der Waals surface area contributed by atoms with E-state index < -0.39 is 5.82 Å². The molecule has 3 heterocycles. The molecule has 3 aromatic carbocycles. The molecule has 2 aliphatic rings. The second-order valence-electron chi connectivity index (χ2n) is 9.70. The second kappa shape index (κ2) is 10.3. The molecule has 1 fully saturated rings. The van der Waals surface area contributed by atoms with E-state index in [0.29, 0.717) is 51.3 Å². The number of rotatable bonds is 5. The van der Waals surface area contributed by atoms with Crippen molar-refractivity contribution in [3.8, 4) is 17.4 Å². The van der Waals surface area contributed by atoms with E-state index in [4.69, 9.17) is 14.5 Å². The summed E-state index contributed by atoms with van der Waals surface area (Å²) in [6.45, 7) is 3.24. The first-order valence-electron chi connectivity index (χ1n) is 12.7. The van der Waals surface area contributed by atoms with Gasteiger partial charge in [0.2, 0.25) is 5.91 Å². The molecule has 39 heavy (non-hydrogen) atoms. The summed E-state index contributed by atoms with van der Waals surface area (Å²) >= 11 is 0. The SMILES string of the molecule is CN1CCN(C(=O)Cc2ccc(N=C(c3ccc4c(c3)OC=CO4)c3c(O)[nH]c4cc(F)ccc34)cc2)CC1. The van der Waals surface area contributed by atoms with Crippen LogP contribution in [0.4, 0.5) is 10.1 Å². The van der Waals surface area contributed by atoms with Gasteiger partial charge in [0.1, 0.15) is 18.3 Å². The number of likely N-dealkylation sites (N-methyl/N-ethyl adjacent to an activating group) is 1. The highest BCUT2D eigenvalue weighted by molar-refractivity contribution is 6.22. The van der Waals surface area contributed by atoms with Crippen molar-refractivity contribution in [1.29, 1.82) is 0 Å². The van der Waals surface area contributed by atoms with Gasteiger partial charge in [0.05, 0.1) is 28.9 Å². The van der Waals surface area contributed by atoms with E-state index in [1.807, 2.05) is 35.2 Å². The van der Waals surface area contributed by atoms with Gasteiger partial charge in [-0.3, -0.25) is 4.79 Å². The number of amides is 1. The summed E-state index contributed by atoms with van der Waals surface area (Å²) in [5.41, 5.74) is 3.55. The van der Waals surface area contributed by atoms with E-state index in [1.165, 1.54) is 24.7 Å². The smallest absolute Gasteiger partial charge is 0.227 e. The number of H-pyrrole nitrogens is 1. The number of aromatic hydroxyl groups is 1. The summed E-state index contributed by atoms with van der Waals surface area (Å²) in [6, 6.07) is 17.1. The second-order valence-corrected chi connectivity index (χ2v) is 9.70. The number of halogens is 1. The van der Waals surface area contributed by atoms with Crippen LogP contribution < -0.4 is 9.47 Å². The minimum absolute atomic E-state index is 0.112. The van der Waals surface area contributed by atoms with Crippen LogP contribution in [0.1, 0.15) is 16.7 Å². The monoisotopic (exact) mass is 526 g/mol. The average molecular weight is 527 g/mol. The largest absolute Gasteiger partial charge is 0.494 e. The molecule has 0 aliphatic carbocycles. The van der Waals surface area contributed by atoms with Crippen molar-refractivity contribution in [1.82, 2.24) is 14.8 Å². The van der Waals surface area contributed by atoms with Crippen molar-refractivity contribution in [2.24, 2.45) is 4.99 Å². The summed E-state index contributed by atoms with van der Waals surface area (Å²) in [5.74, 6) is 0.632. The van der Waals surface area contributed by atoms with Gasteiger partial charge >= 0.3 is 0 Å². The number of ether oxygens (including phenoxy) is 2. The molecule has 198 valence electrons. The summed E-state index contributed by atoms with van der Waals surface area (Å²) in [4.78, 5) is 24.7. The number of nitrogens with one attached hydrogen (secondary N) is 1. The molecule has 1 aromatic heterocycles. The van der Waals surface area contributed by atoms with Crippen LogP contribution in [0.25, 0.3) is 10.9 Å². The van der Waals surface area contributed by atoms with Crippen LogP contribution in [0.15, 0.2) is 78.2 Å². The van der Waals surface area contributed by atoms with E-state index in [9.17, 15) is 14.3 Å². The first kappa shape index (κ1) is 24.7. The summed E-state index contributed by atoms with van der Waals surface area (Å²) in [5, 5.41) is 11.5. The first-order valence-corrected chi connectivity index (χ1v) is 12.7. The molecule has 0 atom stereocenters. The van der Waals surface area contributed by atoms with E-state index in [2.05, 4.69) is 16.9 Å². The van der Waals surface area contributed by atoms with Gasteiger partial charge in [-0.15, -0.1) is 0 Å². The molecule has 8 nitrogen and oxygen atoms in total. The number of aliphatic imine (C=N–C) groups is 1. The van der Waals surface area contributed by atoms with Gasteiger partial charge in [-0.05, 0) is 61.1 Å². The Bertz CT molecular complexity index is 1600. The summed E-state index contributed by atoms with van der Waals surface area (Å²) in [6.07, 6.45) is 3.22. The van der Waals surface area contributed by atoms with Crippen LogP contribution in [0.5, 0.6) is 17.4 Å². The van der Waals surface area contributed by atoms with Gasteiger partial charge < -0.3 is 29.4 Å². The predicted octanol–water partition coefficient (Wildman–Crippen LogP) is 4.74. The quantitative estimate of drug-likeness (QED) is 0.367. The molecule has 0 spiro atoms. The third-order valence-electron chi connectivity index (χ3n) is 7.03. The molecule has 6 rings (SSSR count). The van der Waals surface area contributed by atoms with Gasteiger partial charge in [0.25, 0.3) is 0 Å². The molecule has 0 radical (unpaired) electrons. The summed E-state index contributed by atoms with van der Waals surface area (Å²) < 4.78 is 25.0. The molecule has 1 saturated heterocycles. The predicted molar refractivity (Wildman–Crippen MR) is 146 cm³/mol. The number of benzene rings is 3. The van der Waals surface area contributed by atoms with E-state index >= 15 is 0 Å². The Morgan fingerprint density at radius 2 is 1.72 bits per heavy atom. The van der Waals surface area contributed by atoms with Crippen molar-refractivity contribution in [3.05, 3.63) is 95.7 Å². The van der Waals surface area contributed by atoms with Crippen molar-refractivity contribution in [2.45, 2.75) is 6.42 Å². The van der Waals surface area contributed by atoms with Crippen LogP contribution in [-0.2, 0) is 11.2 Å². The lowest BCUT2D eigenvalue weighted by atomic mass is 10.00. The zero-order valence-electron chi connectivity index (χ0n) is 21.4. The topological polar surface area (TPSA) is 90.4 Å². The maximum Gasteiger partial charge on any atom is 0.227 e. The van der Waals surface area contributed by atoms with E-state index in [-0.39, 0.29) is 11.8 Å². The fraction of sp³-hybridized carbons (Fsp3) is 0.200. The molecular weight excluding hydrogens is 499 g/mol. The normalized spacial score (nSPS) is 15.6. The fourth-order valence-corrected chi connectivity index (χ4v) is 4.87. The Kier molecular flexibility index (Phi) is 6.50. The van der Waals surface area contributed by atoms with Crippen LogP contribution in [0, 0.1) is 5.82 Å². The minimum atomic E-state index is -0.415. The van der Waals surface area contributed by atoms with Crippen molar-refractivity contribution < 1.29 is 23.8 Å². The maximum atomic E-state index is 13.9. The molecule has 0 bridgehead atoms. The van der Waals surface area contributed by atoms with Crippen molar-refractivity contribution >= 4 is 28.2 Å². The lowest BCUT2D eigenvalue weighted by molar-refractivity contribution is -0.132. The van der Waals surface area contributed by atoms with Gasteiger partial charge in [-0.25, -0.2) is 9.38 Å². The first-order chi connectivity index (χ1) is 18.9. The third kappa shape index (κ3) is 5.08. The number of carbonyl (C=O) groups is 1. The Morgan fingerprint density at radius 3 is 2.49 bits per heavy atom. The molecule has 0 saturated carbocycles. The third-order valence-corrected chi connectivity index (χ3v) is 7.03. The highest BCUT2D eigenvalue weighted by Crippen LogP contribution is 2.36. The zero-order chi connectivity index (χ0) is 26.9. The minimum Gasteiger partial charge on any atom is -0.494 e. The summed E-state index contributed by atoms with van der Waals surface area (Å²) in [7, 11) is 2.06. The molecule has 2 N–H and O–H groups in total. The highest BCUT2D eigenvalue weighted by atomic mass is 19.1. The van der Waals surface area contributed by atoms with Crippen LogP contribution in [0.2, 0.25) is 0 Å². The van der Waals surface area contributed by atoms with Gasteiger partial charge in [0, 0.05) is 37.1 Å². The van der Waals surface area contributed by atoms with E-state index in [1.54, 1.807) is 18.2 Å². The molecule has 0 unspecified atom stereocenters. The number of hydrogen-bond donors (Lipinski definition) is 2. The standard InChI is InChI=1S/C30H27FN4O4/c1-34-10-12-35(13-11-34)27(36)16-19-2-6-22(7-3-19)32-29(20-4-9-25-26(17-20)39-15-14-38-25)28-23-8-5-21(31)18-24(23)33-30(28)37/h2-9,14-15,17-18,33,37H,10-13,16H2,1H3. The average Bonchev–Trinajstić information content (AvgIpc) is 3.27. The van der Waals surface area contributed by atoms with Crippen LogP contribution in [0.3, 0.4) is 0 Å². The number of piperazine rings is 1. The lowest BCUT2D eigenvalue weighted by Gasteiger charge is -2.32. The van der Waals surface area contributed by atoms with E-state index in [0.717, 1.165) is 31.7 Å². The van der Waals surface area contributed by atoms with Gasteiger partial charge in [-0.1, -0.05) is 12.1 Å². The maximum absolute atomic E-state index is 13.9. The number of carbonyl (C=O) groups excluding carboxylic acids is 1. The number of nitrogens with zero attached hydrogens (tertiary/aromatic N) is 3. The Balaban J connectivity index is 1.35. The molecule has 4 aromatic rings. The Hall–Kier alpha value is -4.63. The molecule has 9 heteroatoms. The van der Waals surface area contributed by atoms with Gasteiger partial charge in [0.15, 0.2) is 17.4 Å².